The summed E-state index contributed by atoms with van der Waals surface area (Å²) in [6.07, 6.45) is 5.99. The molecule has 1 fully saturated rings. The van der Waals surface area contributed by atoms with Crippen molar-refractivity contribution in [2.45, 2.75) is 18.8 Å². The van der Waals surface area contributed by atoms with Gasteiger partial charge in [-0.15, -0.1) is 0 Å². The van der Waals surface area contributed by atoms with Crippen molar-refractivity contribution < 1.29 is 0 Å². The number of aryl methyl sites for hydroxylation is 1. The first-order chi connectivity index (χ1) is 6.77. The molecule has 0 unspecified atom stereocenters. The highest BCUT2D eigenvalue weighted by Crippen LogP contribution is 2.40. The van der Waals surface area contributed by atoms with Gasteiger partial charge in [0.15, 0.2) is 0 Å². The number of rotatable bonds is 1. The maximum absolute atomic E-state index is 5.82. The van der Waals surface area contributed by atoms with Gasteiger partial charge >= 0.3 is 0 Å². The normalized spacial score (nSPS) is 16.4. The number of aromatic nitrogens is 3. The molecule has 0 atom stereocenters. The Morgan fingerprint density at radius 2 is 2.21 bits per heavy atom. The minimum Gasteiger partial charge on any atom is -0.396 e. The van der Waals surface area contributed by atoms with Crippen LogP contribution >= 0.6 is 0 Å². The van der Waals surface area contributed by atoms with Gasteiger partial charge in [0.1, 0.15) is 11.3 Å². The smallest absolute Gasteiger partial charge is 0.115 e. The van der Waals surface area contributed by atoms with Gasteiger partial charge in [-0.3, -0.25) is 4.98 Å². The lowest BCUT2D eigenvalue weighted by molar-refractivity contribution is 0.819. The Kier molecular flexibility index (Phi) is 1.37. The van der Waals surface area contributed by atoms with E-state index < -0.39 is 0 Å². The average Bonchev–Trinajstić information content (AvgIpc) is 2.94. The number of nitrogens with two attached hydrogens (primary N) is 1. The Bertz CT molecular complexity index is 496. The third kappa shape index (κ3) is 0.937. The molecular weight excluding hydrogens is 176 g/mol. The van der Waals surface area contributed by atoms with Crippen molar-refractivity contribution in [1.82, 2.24) is 14.5 Å². The molecular formula is C10H12N4. The number of hydrogen-bond acceptors (Lipinski definition) is 3. The van der Waals surface area contributed by atoms with E-state index in [1.807, 2.05) is 13.2 Å². The van der Waals surface area contributed by atoms with Crippen LogP contribution in [0.1, 0.15) is 24.6 Å². The van der Waals surface area contributed by atoms with Crippen molar-refractivity contribution in [3.8, 4) is 0 Å². The molecule has 0 spiro atoms. The Labute approximate surface area is 81.8 Å². The monoisotopic (exact) mass is 188 g/mol. The molecule has 3 rings (SSSR count). The molecule has 0 radical (unpaired) electrons. The highest BCUT2D eigenvalue weighted by Gasteiger charge is 2.28. The van der Waals surface area contributed by atoms with Crippen LogP contribution in [0.4, 0.5) is 5.69 Å². The van der Waals surface area contributed by atoms with Gasteiger partial charge in [0.25, 0.3) is 0 Å². The molecule has 1 aliphatic carbocycles. The third-order valence-corrected chi connectivity index (χ3v) is 2.80. The number of nitrogens with zero attached hydrogens (tertiary/aromatic N) is 3. The predicted octanol–water partition coefficient (Wildman–Crippen LogP) is 1.43. The minimum absolute atomic E-state index is 0.645. The van der Waals surface area contributed by atoms with Crippen LogP contribution in [0.3, 0.4) is 0 Å². The van der Waals surface area contributed by atoms with Crippen LogP contribution in [0, 0.1) is 0 Å². The second kappa shape index (κ2) is 2.47. The van der Waals surface area contributed by atoms with Gasteiger partial charge in [-0.05, 0) is 12.8 Å². The topological polar surface area (TPSA) is 56.7 Å². The first-order valence-electron chi connectivity index (χ1n) is 4.83. The molecule has 0 bridgehead atoms. The average molecular weight is 188 g/mol. The molecule has 0 saturated heterocycles. The quantitative estimate of drug-likeness (QED) is 0.736. The van der Waals surface area contributed by atoms with Gasteiger partial charge < -0.3 is 10.3 Å². The fraction of sp³-hybridized carbons (Fsp3) is 0.400. The second-order valence-electron chi connectivity index (χ2n) is 3.90. The first-order valence-corrected chi connectivity index (χ1v) is 4.83. The summed E-state index contributed by atoms with van der Waals surface area (Å²) in [4.78, 5) is 8.65. The Morgan fingerprint density at radius 1 is 1.43 bits per heavy atom. The summed E-state index contributed by atoms with van der Waals surface area (Å²) in [5.74, 6) is 1.80. The van der Waals surface area contributed by atoms with Crippen LogP contribution < -0.4 is 5.73 Å². The Balaban J connectivity index is 2.33. The zero-order valence-electron chi connectivity index (χ0n) is 8.07. The molecule has 2 aromatic heterocycles. The van der Waals surface area contributed by atoms with E-state index in [0.29, 0.717) is 11.6 Å². The molecule has 0 aliphatic heterocycles. The second-order valence-corrected chi connectivity index (χ2v) is 3.90. The zero-order valence-corrected chi connectivity index (χ0v) is 8.07. The Hall–Kier alpha value is -1.58. The first kappa shape index (κ1) is 7.79. The van der Waals surface area contributed by atoms with E-state index in [1.165, 1.54) is 12.8 Å². The van der Waals surface area contributed by atoms with Crippen molar-refractivity contribution in [2.75, 3.05) is 5.73 Å². The lowest BCUT2D eigenvalue weighted by atomic mass is 10.4. The molecule has 0 amide bonds. The van der Waals surface area contributed by atoms with Gasteiger partial charge in [-0.1, -0.05) is 0 Å². The van der Waals surface area contributed by atoms with Gasteiger partial charge in [-0.25, -0.2) is 4.98 Å². The van der Waals surface area contributed by atoms with Crippen LogP contribution in [0.25, 0.3) is 11.0 Å². The number of anilines is 1. The van der Waals surface area contributed by atoms with Crippen LogP contribution in [-0.4, -0.2) is 14.5 Å². The molecule has 2 heterocycles. The SMILES string of the molecule is Cn1c(C2CC2)nc2c(N)cncc21. The largest absolute Gasteiger partial charge is 0.396 e. The summed E-state index contributed by atoms with van der Waals surface area (Å²) in [5.41, 5.74) is 8.42. The lowest BCUT2D eigenvalue weighted by Gasteiger charge is -1.98. The summed E-state index contributed by atoms with van der Waals surface area (Å²) < 4.78 is 2.11. The van der Waals surface area contributed by atoms with E-state index in [-0.39, 0.29) is 0 Å². The van der Waals surface area contributed by atoms with Crippen molar-refractivity contribution in [2.24, 2.45) is 7.05 Å². The number of pyridine rings is 1. The zero-order chi connectivity index (χ0) is 9.71. The van der Waals surface area contributed by atoms with E-state index in [9.17, 15) is 0 Å². The lowest BCUT2D eigenvalue weighted by Crippen LogP contribution is -1.94. The number of imidazole rings is 1. The molecule has 4 heteroatoms. The molecule has 2 N–H and O–H groups in total. The molecule has 72 valence electrons. The van der Waals surface area contributed by atoms with E-state index >= 15 is 0 Å². The van der Waals surface area contributed by atoms with Crippen molar-refractivity contribution in [1.29, 1.82) is 0 Å². The van der Waals surface area contributed by atoms with Crippen molar-refractivity contribution in [3.63, 3.8) is 0 Å². The van der Waals surface area contributed by atoms with Crippen LogP contribution in [0.2, 0.25) is 0 Å². The summed E-state index contributed by atoms with van der Waals surface area (Å²) in [6, 6.07) is 0. The highest BCUT2D eigenvalue weighted by molar-refractivity contribution is 5.86. The maximum Gasteiger partial charge on any atom is 0.115 e. The summed E-state index contributed by atoms with van der Waals surface area (Å²) in [7, 11) is 2.03. The summed E-state index contributed by atoms with van der Waals surface area (Å²) in [5, 5.41) is 0. The number of nitrogen functional groups attached to an aromatic ring is 1. The number of hydrogen-bond donors (Lipinski definition) is 1. The van der Waals surface area contributed by atoms with E-state index in [2.05, 4.69) is 14.5 Å². The fourth-order valence-corrected chi connectivity index (χ4v) is 1.85. The molecule has 1 saturated carbocycles. The van der Waals surface area contributed by atoms with Gasteiger partial charge in [-0.2, -0.15) is 0 Å². The van der Waals surface area contributed by atoms with Crippen LogP contribution in [0.15, 0.2) is 12.4 Å². The molecule has 4 nitrogen and oxygen atoms in total. The van der Waals surface area contributed by atoms with E-state index in [1.54, 1.807) is 6.20 Å². The predicted molar refractivity (Wildman–Crippen MR) is 54.9 cm³/mol. The van der Waals surface area contributed by atoms with Gasteiger partial charge in [0.05, 0.1) is 23.6 Å². The van der Waals surface area contributed by atoms with Gasteiger partial charge in [0, 0.05) is 13.0 Å². The van der Waals surface area contributed by atoms with E-state index in [4.69, 9.17) is 5.73 Å². The molecule has 14 heavy (non-hydrogen) atoms. The molecule has 0 aromatic carbocycles. The molecule has 1 aliphatic rings. The number of fused-ring (bicyclic) bond motifs is 1. The Morgan fingerprint density at radius 3 is 2.86 bits per heavy atom. The third-order valence-electron chi connectivity index (χ3n) is 2.80. The van der Waals surface area contributed by atoms with Crippen molar-refractivity contribution >= 4 is 16.7 Å². The molecule has 2 aromatic rings. The van der Waals surface area contributed by atoms with Crippen LogP contribution in [0.5, 0.6) is 0 Å². The van der Waals surface area contributed by atoms with E-state index in [0.717, 1.165) is 16.9 Å². The summed E-state index contributed by atoms with van der Waals surface area (Å²) >= 11 is 0. The fourth-order valence-electron chi connectivity index (χ4n) is 1.85. The minimum atomic E-state index is 0.645. The van der Waals surface area contributed by atoms with Crippen molar-refractivity contribution in [3.05, 3.63) is 18.2 Å². The van der Waals surface area contributed by atoms with Gasteiger partial charge in [0.2, 0.25) is 0 Å². The standard InChI is InChI=1S/C10H12N4/c1-14-8-5-12-4-7(11)9(8)13-10(14)6-2-3-6/h4-6H,2-3,11H2,1H3. The van der Waals surface area contributed by atoms with Crippen LogP contribution in [-0.2, 0) is 7.05 Å². The summed E-state index contributed by atoms with van der Waals surface area (Å²) in [6.45, 7) is 0. The maximum atomic E-state index is 5.82. The highest BCUT2D eigenvalue weighted by atomic mass is 15.1.